The van der Waals surface area contributed by atoms with Crippen LogP contribution < -0.4 is 0 Å². The molecule has 0 bridgehead atoms. The number of nitrogens with zero attached hydrogens (tertiary/aromatic N) is 1. The second kappa shape index (κ2) is 5.27. The van der Waals surface area contributed by atoms with Gasteiger partial charge in [-0.1, -0.05) is 12.1 Å². The number of halogens is 1. The Kier molecular flexibility index (Phi) is 4.49. The van der Waals surface area contributed by atoms with Crippen molar-refractivity contribution in [2.24, 2.45) is 0 Å². The molecular weight excluding hydrogens is 294 g/mol. The van der Waals surface area contributed by atoms with Crippen LogP contribution in [0.15, 0.2) is 33.6 Å². The Labute approximate surface area is 104 Å². The monoisotopic (exact) mass is 307 g/mol. The maximum Gasteiger partial charge on any atom is 0.244 e. The molecule has 1 aromatic rings. The van der Waals surface area contributed by atoms with Crippen LogP contribution in [0.4, 0.5) is 0 Å². The molecule has 0 aliphatic heterocycles. The van der Waals surface area contributed by atoms with Crippen LogP contribution in [0.1, 0.15) is 6.92 Å². The average molecular weight is 308 g/mol. The molecule has 0 aliphatic carbocycles. The van der Waals surface area contributed by atoms with Crippen molar-refractivity contribution < 1.29 is 13.5 Å². The highest BCUT2D eigenvalue weighted by atomic mass is 79.9. The average Bonchev–Trinajstić information content (AvgIpc) is 2.27. The van der Waals surface area contributed by atoms with Crippen molar-refractivity contribution in [2.75, 3.05) is 13.7 Å². The van der Waals surface area contributed by atoms with E-state index in [4.69, 9.17) is 5.11 Å². The summed E-state index contributed by atoms with van der Waals surface area (Å²) in [7, 11) is -2.10. The summed E-state index contributed by atoms with van der Waals surface area (Å²) in [6.45, 7) is 1.44. The Morgan fingerprint density at radius 2 is 2.00 bits per heavy atom. The zero-order chi connectivity index (χ0) is 12.3. The second-order valence-electron chi connectivity index (χ2n) is 3.48. The van der Waals surface area contributed by atoms with Gasteiger partial charge in [-0.3, -0.25) is 0 Å². The molecule has 16 heavy (non-hydrogen) atoms. The molecule has 1 rings (SSSR count). The first-order chi connectivity index (χ1) is 7.41. The molecule has 0 radical (unpaired) electrons. The summed E-state index contributed by atoms with van der Waals surface area (Å²) in [5, 5.41) is 8.97. The van der Waals surface area contributed by atoms with Gasteiger partial charge in [0.25, 0.3) is 0 Å². The number of rotatable bonds is 4. The van der Waals surface area contributed by atoms with Crippen molar-refractivity contribution in [3.05, 3.63) is 28.7 Å². The van der Waals surface area contributed by atoms with Crippen molar-refractivity contribution in [1.82, 2.24) is 4.31 Å². The van der Waals surface area contributed by atoms with Gasteiger partial charge in [-0.2, -0.15) is 4.31 Å². The molecule has 0 aromatic heterocycles. The third kappa shape index (κ3) is 2.63. The van der Waals surface area contributed by atoms with E-state index in [0.29, 0.717) is 4.47 Å². The molecule has 0 aliphatic rings. The zero-order valence-electron chi connectivity index (χ0n) is 9.09. The number of hydrogen-bond donors (Lipinski definition) is 1. The van der Waals surface area contributed by atoms with E-state index < -0.39 is 16.1 Å². The Morgan fingerprint density at radius 3 is 2.50 bits per heavy atom. The smallest absolute Gasteiger partial charge is 0.244 e. The van der Waals surface area contributed by atoms with E-state index in [1.807, 2.05) is 0 Å². The Balaban J connectivity index is 3.17. The van der Waals surface area contributed by atoms with Gasteiger partial charge in [0.15, 0.2) is 0 Å². The predicted molar refractivity (Wildman–Crippen MR) is 65.6 cm³/mol. The lowest BCUT2D eigenvalue weighted by Gasteiger charge is -2.23. The summed E-state index contributed by atoms with van der Waals surface area (Å²) in [5.74, 6) is 0. The molecule has 90 valence electrons. The van der Waals surface area contributed by atoms with Crippen LogP contribution >= 0.6 is 15.9 Å². The van der Waals surface area contributed by atoms with Gasteiger partial charge >= 0.3 is 0 Å². The molecule has 0 fully saturated rings. The molecule has 1 N–H and O–H groups in total. The summed E-state index contributed by atoms with van der Waals surface area (Å²) >= 11 is 3.20. The Hall–Kier alpha value is -0.430. The van der Waals surface area contributed by atoms with E-state index in [-0.39, 0.29) is 11.5 Å². The van der Waals surface area contributed by atoms with Crippen LogP contribution in [-0.4, -0.2) is 37.5 Å². The highest BCUT2D eigenvalue weighted by molar-refractivity contribution is 9.10. The van der Waals surface area contributed by atoms with Gasteiger partial charge in [0.1, 0.15) is 0 Å². The van der Waals surface area contributed by atoms with Crippen molar-refractivity contribution in [3.8, 4) is 0 Å². The van der Waals surface area contributed by atoms with Crippen LogP contribution in [0, 0.1) is 0 Å². The van der Waals surface area contributed by atoms with Gasteiger partial charge in [-0.05, 0) is 35.0 Å². The minimum absolute atomic E-state index is 0.206. The van der Waals surface area contributed by atoms with Gasteiger partial charge in [-0.25, -0.2) is 8.42 Å². The van der Waals surface area contributed by atoms with Crippen LogP contribution in [0.3, 0.4) is 0 Å². The molecule has 4 nitrogen and oxygen atoms in total. The molecule has 6 heteroatoms. The lowest BCUT2D eigenvalue weighted by atomic mass is 10.4. The van der Waals surface area contributed by atoms with Gasteiger partial charge in [0.2, 0.25) is 10.0 Å². The van der Waals surface area contributed by atoms with E-state index in [1.54, 1.807) is 25.1 Å². The fourth-order valence-corrected chi connectivity index (χ4v) is 3.48. The minimum Gasteiger partial charge on any atom is -0.395 e. The molecule has 1 unspecified atom stereocenters. The minimum atomic E-state index is -3.55. The highest BCUT2D eigenvalue weighted by Gasteiger charge is 2.26. The number of aliphatic hydroxyl groups excluding tert-OH is 1. The van der Waals surface area contributed by atoms with E-state index in [0.717, 1.165) is 4.31 Å². The number of likely N-dealkylation sites (N-methyl/N-ethyl adjacent to an activating group) is 1. The van der Waals surface area contributed by atoms with Crippen molar-refractivity contribution in [1.29, 1.82) is 0 Å². The van der Waals surface area contributed by atoms with Gasteiger partial charge in [0, 0.05) is 17.6 Å². The SMILES string of the molecule is CC(CO)N(C)S(=O)(=O)c1ccccc1Br. The summed E-state index contributed by atoms with van der Waals surface area (Å²) in [4.78, 5) is 0.206. The molecule has 0 amide bonds. The van der Waals surface area contributed by atoms with E-state index in [2.05, 4.69) is 15.9 Å². The summed E-state index contributed by atoms with van der Waals surface area (Å²) in [6.07, 6.45) is 0. The third-order valence-corrected chi connectivity index (χ3v) is 5.36. The number of benzene rings is 1. The van der Waals surface area contributed by atoms with Gasteiger partial charge in [0.05, 0.1) is 11.5 Å². The van der Waals surface area contributed by atoms with Gasteiger partial charge in [-0.15, -0.1) is 0 Å². The van der Waals surface area contributed by atoms with Gasteiger partial charge < -0.3 is 5.11 Å². The van der Waals surface area contributed by atoms with Crippen molar-refractivity contribution in [2.45, 2.75) is 17.9 Å². The largest absolute Gasteiger partial charge is 0.395 e. The first-order valence-electron chi connectivity index (χ1n) is 4.74. The van der Waals surface area contributed by atoms with Crippen LogP contribution in [0.5, 0.6) is 0 Å². The Bertz CT molecular complexity index is 461. The molecular formula is C10H14BrNO3S. The highest BCUT2D eigenvalue weighted by Crippen LogP contribution is 2.24. The lowest BCUT2D eigenvalue weighted by Crippen LogP contribution is -2.37. The number of sulfonamides is 1. The quantitative estimate of drug-likeness (QED) is 0.916. The number of hydrogen-bond acceptors (Lipinski definition) is 3. The fraction of sp³-hybridized carbons (Fsp3) is 0.400. The molecule has 0 saturated carbocycles. The molecule has 0 spiro atoms. The van der Waals surface area contributed by atoms with E-state index in [9.17, 15) is 8.42 Å². The standard InChI is InChI=1S/C10H14BrNO3S/c1-8(7-13)12(2)16(14,15)10-6-4-3-5-9(10)11/h3-6,8,13H,7H2,1-2H3. The third-order valence-electron chi connectivity index (χ3n) is 2.38. The molecule has 1 atom stereocenters. The van der Waals surface area contributed by atoms with Crippen molar-refractivity contribution >= 4 is 26.0 Å². The fourth-order valence-electron chi connectivity index (χ4n) is 1.16. The first-order valence-corrected chi connectivity index (χ1v) is 6.98. The normalized spacial score (nSPS) is 14.1. The van der Waals surface area contributed by atoms with Crippen LogP contribution in [-0.2, 0) is 10.0 Å². The molecule has 1 aromatic carbocycles. The van der Waals surface area contributed by atoms with Crippen molar-refractivity contribution in [3.63, 3.8) is 0 Å². The predicted octanol–water partition coefficient (Wildman–Crippen LogP) is 1.45. The first kappa shape index (κ1) is 13.6. The van der Waals surface area contributed by atoms with Crippen LogP contribution in [0.25, 0.3) is 0 Å². The van der Waals surface area contributed by atoms with Crippen LogP contribution in [0.2, 0.25) is 0 Å². The topological polar surface area (TPSA) is 57.6 Å². The molecule has 0 heterocycles. The van der Waals surface area contributed by atoms with E-state index in [1.165, 1.54) is 13.1 Å². The maximum absolute atomic E-state index is 12.1. The zero-order valence-corrected chi connectivity index (χ0v) is 11.5. The Morgan fingerprint density at radius 1 is 1.44 bits per heavy atom. The second-order valence-corrected chi connectivity index (χ2v) is 6.30. The van der Waals surface area contributed by atoms with E-state index >= 15 is 0 Å². The number of aliphatic hydroxyl groups is 1. The lowest BCUT2D eigenvalue weighted by molar-refractivity contribution is 0.214. The maximum atomic E-state index is 12.1. The summed E-state index contributed by atoms with van der Waals surface area (Å²) in [6, 6.07) is 6.16. The summed E-state index contributed by atoms with van der Waals surface area (Å²) in [5.41, 5.74) is 0. The summed E-state index contributed by atoms with van der Waals surface area (Å²) < 4.78 is 26.0. The molecule has 0 saturated heterocycles.